The molecule has 1 aliphatic carbocycles. The predicted octanol–water partition coefficient (Wildman–Crippen LogP) is 5.59. The van der Waals surface area contributed by atoms with E-state index in [1.165, 1.54) is 44.9 Å². The van der Waals surface area contributed by atoms with Crippen LogP contribution in [0.1, 0.15) is 72.6 Å². The summed E-state index contributed by atoms with van der Waals surface area (Å²) in [5.41, 5.74) is 1.73. The lowest BCUT2D eigenvalue weighted by atomic mass is 9.96. The first kappa shape index (κ1) is 13.8. The second kappa shape index (κ2) is 7.14. The highest BCUT2D eigenvalue weighted by atomic mass is 14.4. The molecule has 0 saturated heterocycles. The van der Waals surface area contributed by atoms with Crippen molar-refractivity contribution in [3.8, 4) is 0 Å². The Morgan fingerprint density at radius 2 is 1.94 bits per heavy atom. The highest BCUT2D eigenvalue weighted by Crippen LogP contribution is 2.45. The van der Waals surface area contributed by atoms with Crippen LogP contribution in [0.3, 0.4) is 0 Å². The molecule has 1 rings (SSSR count). The monoisotopic (exact) mass is 222 g/mol. The molecular formula is C16H30. The molecule has 0 bridgehead atoms. The van der Waals surface area contributed by atoms with Gasteiger partial charge >= 0.3 is 0 Å². The van der Waals surface area contributed by atoms with Gasteiger partial charge in [0.15, 0.2) is 0 Å². The first-order valence-electron chi connectivity index (χ1n) is 7.36. The van der Waals surface area contributed by atoms with Crippen molar-refractivity contribution in [1.29, 1.82) is 0 Å². The second-order valence-electron chi connectivity index (χ2n) is 5.81. The van der Waals surface area contributed by atoms with Gasteiger partial charge < -0.3 is 0 Å². The lowest BCUT2D eigenvalue weighted by Crippen LogP contribution is -1.97. The van der Waals surface area contributed by atoms with E-state index in [-0.39, 0.29) is 0 Å². The minimum absolute atomic E-state index is 0.920. The van der Waals surface area contributed by atoms with Gasteiger partial charge in [0.25, 0.3) is 0 Å². The van der Waals surface area contributed by atoms with Crippen molar-refractivity contribution in [2.45, 2.75) is 72.6 Å². The van der Waals surface area contributed by atoms with Gasteiger partial charge in [-0.25, -0.2) is 0 Å². The zero-order valence-corrected chi connectivity index (χ0v) is 11.8. The van der Waals surface area contributed by atoms with Crippen LogP contribution in [0.5, 0.6) is 0 Å². The van der Waals surface area contributed by atoms with Crippen molar-refractivity contribution in [2.75, 3.05) is 0 Å². The van der Waals surface area contributed by atoms with Gasteiger partial charge in [-0.2, -0.15) is 0 Å². The van der Waals surface area contributed by atoms with Gasteiger partial charge in [0.2, 0.25) is 0 Å². The smallest absolute Gasteiger partial charge is 0.0319 e. The van der Waals surface area contributed by atoms with Gasteiger partial charge in [-0.05, 0) is 49.9 Å². The summed E-state index contributed by atoms with van der Waals surface area (Å²) < 4.78 is 0. The van der Waals surface area contributed by atoms with Crippen molar-refractivity contribution < 1.29 is 0 Å². The fraction of sp³-hybridized carbons (Fsp3) is 0.875. The van der Waals surface area contributed by atoms with Crippen LogP contribution in [0.4, 0.5) is 0 Å². The third-order valence-corrected chi connectivity index (χ3v) is 4.10. The molecule has 0 N–H and O–H groups in total. The predicted molar refractivity (Wildman–Crippen MR) is 73.6 cm³/mol. The highest BCUT2D eigenvalue weighted by Gasteiger charge is 2.36. The van der Waals surface area contributed by atoms with Crippen molar-refractivity contribution in [3.63, 3.8) is 0 Å². The number of unbranched alkanes of at least 4 members (excludes halogenated alkanes) is 1. The average Bonchev–Trinajstić information content (AvgIpc) is 2.99. The standard InChI is InChI=1S/C16H30/c1-5-7-9-15(8-6-2)11-10-13(3)16-12-14(16)4/h11,13-14,16H,5-10,12H2,1-4H3. The van der Waals surface area contributed by atoms with E-state index in [1.54, 1.807) is 5.57 Å². The molecule has 0 heterocycles. The van der Waals surface area contributed by atoms with Crippen LogP contribution >= 0.6 is 0 Å². The van der Waals surface area contributed by atoms with Crippen LogP contribution in [-0.2, 0) is 0 Å². The summed E-state index contributed by atoms with van der Waals surface area (Å²) in [5, 5.41) is 0. The third-order valence-electron chi connectivity index (χ3n) is 4.10. The van der Waals surface area contributed by atoms with Gasteiger partial charge in [-0.15, -0.1) is 0 Å². The largest absolute Gasteiger partial charge is 0.0851 e. The molecule has 0 aromatic rings. The van der Waals surface area contributed by atoms with Gasteiger partial charge in [-0.3, -0.25) is 0 Å². The Morgan fingerprint density at radius 1 is 1.25 bits per heavy atom. The number of rotatable bonds is 8. The SMILES string of the molecule is CCCCC(=CCC(C)C1CC1C)CCC. The molecule has 16 heavy (non-hydrogen) atoms. The van der Waals surface area contributed by atoms with Crippen LogP contribution in [0, 0.1) is 17.8 Å². The zero-order valence-electron chi connectivity index (χ0n) is 11.8. The Kier molecular flexibility index (Phi) is 6.16. The molecule has 0 radical (unpaired) electrons. The van der Waals surface area contributed by atoms with E-state index in [9.17, 15) is 0 Å². The summed E-state index contributed by atoms with van der Waals surface area (Å²) in [6.45, 7) is 9.42. The Labute approximate surface area is 103 Å². The molecule has 1 fully saturated rings. The van der Waals surface area contributed by atoms with E-state index in [4.69, 9.17) is 0 Å². The van der Waals surface area contributed by atoms with E-state index >= 15 is 0 Å². The van der Waals surface area contributed by atoms with Gasteiger partial charge in [0.05, 0.1) is 0 Å². The van der Waals surface area contributed by atoms with E-state index in [2.05, 4.69) is 33.8 Å². The summed E-state index contributed by atoms with van der Waals surface area (Å²) in [6, 6.07) is 0. The molecule has 0 aromatic carbocycles. The molecule has 1 aliphatic rings. The maximum absolute atomic E-state index is 2.56. The third kappa shape index (κ3) is 4.72. The minimum Gasteiger partial charge on any atom is -0.0851 e. The molecule has 0 aromatic heterocycles. The normalized spacial score (nSPS) is 26.9. The van der Waals surface area contributed by atoms with Crippen LogP contribution in [-0.4, -0.2) is 0 Å². The molecule has 3 atom stereocenters. The molecular weight excluding hydrogens is 192 g/mol. The van der Waals surface area contributed by atoms with Crippen molar-refractivity contribution in [2.24, 2.45) is 17.8 Å². The molecule has 0 spiro atoms. The van der Waals surface area contributed by atoms with Gasteiger partial charge in [0.1, 0.15) is 0 Å². The minimum atomic E-state index is 0.920. The zero-order chi connectivity index (χ0) is 12.0. The van der Waals surface area contributed by atoms with E-state index in [1.807, 2.05) is 0 Å². The Bertz CT molecular complexity index is 214. The Balaban J connectivity index is 2.31. The molecule has 0 nitrogen and oxygen atoms in total. The first-order valence-corrected chi connectivity index (χ1v) is 7.36. The highest BCUT2D eigenvalue weighted by molar-refractivity contribution is 5.03. The van der Waals surface area contributed by atoms with Crippen LogP contribution in [0.15, 0.2) is 11.6 Å². The van der Waals surface area contributed by atoms with E-state index < -0.39 is 0 Å². The summed E-state index contributed by atoms with van der Waals surface area (Å²) >= 11 is 0. The lowest BCUT2D eigenvalue weighted by Gasteiger charge is -2.10. The van der Waals surface area contributed by atoms with Crippen LogP contribution in [0.25, 0.3) is 0 Å². The first-order chi connectivity index (χ1) is 7.69. The van der Waals surface area contributed by atoms with Crippen molar-refractivity contribution in [1.82, 2.24) is 0 Å². The summed E-state index contributed by atoms with van der Waals surface area (Å²) in [6.07, 6.45) is 12.1. The molecule has 94 valence electrons. The quantitative estimate of drug-likeness (QED) is 0.470. The summed E-state index contributed by atoms with van der Waals surface area (Å²) in [4.78, 5) is 0. The fourth-order valence-corrected chi connectivity index (χ4v) is 2.73. The molecule has 0 heteroatoms. The number of allylic oxidation sites excluding steroid dienone is 2. The molecule has 0 aliphatic heterocycles. The second-order valence-corrected chi connectivity index (χ2v) is 5.81. The average molecular weight is 222 g/mol. The van der Waals surface area contributed by atoms with Crippen LogP contribution in [0.2, 0.25) is 0 Å². The number of hydrogen-bond acceptors (Lipinski definition) is 0. The van der Waals surface area contributed by atoms with Crippen molar-refractivity contribution in [3.05, 3.63) is 11.6 Å². The summed E-state index contributed by atoms with van der Waals surface area (Å²) in [7, 11) is 0. The lowest BCUT2D eigenvalue weighted by molar-refractivity contribution is 0.487. The Hall–Kier alpha value is -0.260. The fourth-order valence-electron chi connectivity index (χ4n) is 2.73. The maximum Gasteiger partial charge on any atom is -0.0319 e. The van der Waals surface area contributed by atoms with E-state index in [0.717, 1.165) is 17.8 Å². The van der Waals surface area contributed by atoms with Gasteiger partial charge in [-0.1, -0.05) is 52.2 Å². The summed E-state index contributed by atoms with van der Waals surface area (Å²) in [5.74, 6) is 2.96. The topological polar surface area (TPSA) is 0 Å². The van der Waals surface area contributed by atoms with Crippen LogP contribution < -0.4 is 0 Å². The Morgan fingerprint density at radius 3 is 2.44 bits per heavy atom. The number of hydrogen-bond donors (Lipinski definition) is 0. The van der Waals surface area contributed by atoms with Crippen molar-refractivity contribution >= 4 is 0 Å². The van der Waals surface area contributed by atoms with Gasteiger partial charge in [0, 0.05) is 0 Å². The molecule has 3 unspecified atom stereocenters. The molecule has 0 amide bonds. The maximum atomic E-state index is 2.56. The van der Waals surface area contributed by atoms with E-state index in [0.29, 0.717) is 0 Å². The molecule has 1 saturated carbocycles.